The minimum absolute atomic E-state index is 0.768. The van der Waals surface area contributed by atoms with E-state index in [0.717, 1.165) is 4.57 Å². The third-order valence-corrected chi connectivity index (χ3v) is 1.40. The fourth-order valence-corrected chi connectivity index (χ4v) is 0.787. The molecule has 3 N–H and O–H groups in total. The van der Waals surface area contributed by atoms with Crippen LogP contribution in [0.2, 0.25) is 0 Å². The van der Waals surface area contributed by atoms with Gasteiger partial charge in [-0.15, -0.1) is 0 Å². The smallest absolute Gasteiger partial charge is 0.331 e. The Morgan fingerprint density at radius 3 is 2.85 bits per heavy atom. The lowest BCUT2D eigenvalue weighted by molar-refractivity contribution is -0.147. The van der Waals surface area contributed by atoms with Gasteiger partial charge in [-0.1, -0.05) is 0 Å². The zero-order valence-corrected chi connectivity index (χ0v) is 6.58. The maximum atomic E-state index is 12.8. The van der Waals surface area contributed by atoms with Gasteiger partial charge in [-0.05, 0) is 0 Å². The van der Waals surface area contributed by atoms with Gasteiger partial charge in [0.2, 0.25) is 0 Å². The SMILES string of the molecule is NNC(=O)C(F)(F)Cn1ccnc1. The second-order valence-corrected chi connectivity index (χ2v) is 2.41. The molecule has 0 unspecified atom stereocenters. The molecule has 0 atom stereocenters. The summed E-state index contributed by atoms with van der Waals surface area (Å²) in [5.41, 5.74) is 1.39. The molecule has 7 heteroatoms. The van der Waals surface area contributed by atoms with Gasteiger partial charge in [-0.2, -0.15) is 8.78 Å². The standard InChI is InChI=1S/C6H8F2N4O/c7-6(8,5(13)11-9)3-12-2-1-10-4-12/h1-2,4H,3,9H2,(H,11,13). The van der Waals surface area contributed by atoms with Crippen LogP contribution < -0.4 is 11.3 Å². The molecule has 0 radical (unpaired) electrons. The average Bonchev–Trinajstić information content (AvgIpc) is 2.54. The Kier molecular flexibility index (Phi) is 2.57. The zero-order valence-electron chi connectivity index (χ0n) is 6.58. The van der Waals surface area contributed by atoms with Crippen LogP contribution in [0.25, 0.3) is 0 Å². The van der Waals surface area contributed by atoms with Crippen molar-refractivity contribution in [1.29, 1.82) is 0 Å². The van der Waals surface area contributed by atoms with Crippen LogP contribution in [0.15, 0.2) is 18.7 Å². The van der Waals surface area contributed by atoms with Crippen LogP contribution in [-0.4, -0.2) is 21.4 Å². The number of aromatic nitrogens is 2. The monoisotopic (exact) mass is 190 g/mol. The number of alkyl halides is 2. The highest BCUT2D eigenvalue weighted by Crippen LogP contribution is 2.15. The predicted molar refractivity (Wildman–Crippen MR) is 39.5 cm³/mol. The molecular weight excluding hydrogens is 182 g/mol. The number of hydrogen-bond donors (Lipinski definition) is 2. The predicted octanol–water partition coefficient (Wildman–Crippen LogP) is -0.492. The van der Waals surface area contributed by atoms with E-state index in [1.54, 1.807) is 0 Å². The van der Waals surface area contributed by atoms with Gasteiger partial charge in [0.05, 0.1) is 12.9 Å². The molecule has 1 heterocycles. The average molecular weight is 190 g/mol. The van der Waals surface area contributed by atoms with Gasteiger partial charge in [0.1, 0.15) is 0 Å². The number of nitrogens with two attached hydrogens (primary N) is 1. The van der Waals surface area contributed by atoms with Crippen LogP contribution in [0.1, 0.15) is 0 Å². The second kappa shape index (κ2) is 3.48. The highest BCUT2D eigenvalue weighted by molar-refractivity contribution is 5.82. The molecule has 0 bridgehead atoms. The summed E-state index contributed by atoms with van der Waals surface area (Å²) in [5, 5.41) is 0. The number of nitrogens with one attached hydrogen (secondary N) is 1. The molecule has 1 amide bonds. The third-order valence-electron chi connectivity index (χ3n) is 1.40. The van der Waals surface area contributed by atoms with E-state index in [4.69, 9.17) is 0 Å². The van der Waals surface area contributed by atoms with Crippen molar-refractivity contribution in [2.45, 2.75) is 12.5 Å². The molecule has 0 saturated heterocycles. The van der Waals surface area contributed by atoms with Gasteiger partial charge >= 0.3 is 11.8 Å². The van der Waals surface area contributed by atoms with Gasteiger partial charge in [0.15, 0.2) is 0 Å². The van der Waals surface area contributed by atoms with Crippen LogP contribution >= 0.6 is 0 Å². The quantitative estimate of drug-likeness (QED) is 0.383. The van der Waals surface area contributed by atoms with Crippen LogP contribution in [0.3, 0.4) is 0 Å². The van der Waals surface area contributed by atoms with E-state index >= 15 is 0 Å². The maximum Gasteiger partial charge on any atom is 0.343 e. The van der Waals surface area contributed by atoms with E-state index in [1.807, 2.05) is 0 Å². The lowest BCUT2D eigenvalue weighted by Crippen LogP contribution is -2.45. The molecule has 0 spiro atoms. The third kappa shape index (κ3) is 2.22. The number of nitrogens with zero attached hydrogens (tertiary/aromatic N) is 2. The van der Waals surface area contributed by atoms with Gasteiger partial charge in [-0.3, -0.25) is 10.2 Å². The van der Waals surface area contributed by atoms with Crippen molar-refractivity contribution in [2.24, 2.45) is 5.84 Å². The summed E-state index contributed by atoms with van der Waals surface area (Å²) in [6, 6.07) is 0. The molecular formula is C6H8F2N4O. The lowest BCUT2D eigenvalue weighted by Gasteiger charge is -2.14. The van der Waals surface area contributed by atoms with E-state index in [-0.39, 0.29) is 0 Å². The molecule has 0 aliphatic carbocycles. The summed E-state index contributed by atoms with van der Waals surface area (Å²) >= 11 is 0. The lowest BCUT2D eigenvalue weighted by atomic mass is 10.3. The first-order valence-electron chi connectivity index (χ1n) is 3.41. The van der Waals surface area contributed by atoms with Crippen molar-refractivity contribution in [3.05, 3.63) is 18.7 Å². The number of imidazole rings is 1. The molecule has 0 saturated carbocycles. The minimum atomic E-state index is -3.52. The molecule has 1 rings (SSSR count). The number of halogens is 2. The Hall–Kier alpha value is -1.50. The van der Waals surface area contributed by atoms with Crippen molar-refractivity contribution < 1.29 is 13.6 Å². The Bertz CT molecular complexity index is 285. The number of amides is 1. The fraction of sp³-hybridized carbons (Fsp3) is 0.333. The number of carbonyl (C=O) groups is 1. The molecule has 0 fully saturated rings. The molecule has 1 aromatic heterocycles. The van der Waals surface area contributed by atoms with Gasteiger partial charge in [0, 0.05) is 12.4 Å². The van der Waals surface area contributed by atoms with E-state index in [0.29, 0.717) is 0 Å². The highest BCUT2D eigenvalue weighted by Gasteiger charge is 2.38. The Balaban J connectivity index is 2.67. The van der Waals surface area contributed by atoms with Crippen molar-refractivity contribution in [3.8, 4) is 0 Å². The zero-order chi connectivity index (χ0) is 9.90. The van der Waals surface area contributed by atoms with Crippen molar-refractivity contribution in [2.75, 3.05) is 0 Å². The van der Waals surface area contributed by atoms with Crippen molar-refractivity contribution in [3.63, 3.8) is 0 Å². The number of carbonyl (C=O) groups excluding carboxylic acids is 1. The molecule has 0 aromatic carbocycles. The van der Waals surface area contributed by atoms with E-state index in [2.05, 4.69) is 10.8 Å². The van der Waals surface area contributed by atoms with Crippen molar-refractivity contribution in [1.82, 2.24) is 15.0 Å². The number of hydrazine groups is 1. The van der Waals surface area contributed by atoms with Gasteiger partial charge < -0.3 is 4.57 Å². The summed E-state index contributed by atoms with van der Waals surface area (Å²) in [6.07, 6.45) is 3.87. The van der Waals surface area contributed by atoms with Crippen LogP contribution in [0, 0.1) is 0 Å². The maximum absolute atomic E-state index is 12.8. The highest BCUT2D eigenvalue weighted by atomic mass is 19.3. The van der Waals surface area contributed by atoms with Crippen LogP contribution in [0.5, 0.6) is 0 Å². The number of rotatable bonds is 3. The first-order chi connectivity index (χ1) is 6.06. The Morgan fingerprint density at radius 1 is 1.69 bits per heavy atom. The van der Waals surface area contributed by atoms with Crippen molar-refractivity contribution >= 4 is 5.91 Å². The summed E-state index contributed by atoms with van der Waals surface area (Å²) < 4.78 is 26.8. The number of hydrogen-bond acceptors (Lipinski definition) is 3. The topological polar surface area (TPSA) is 72.9 Å². The molecule has 0 aliphatic heterocycles. The first kappa shape index (κ1) is 9.59. The van der Waals surface area contributed by atoms with E-state index in [9.17, 15) is 13.6 Å². The molecule has 5 nitrogen and oxygen atoms in total. The fourth-order valence-electron chi connectivity index (χ4n) is 0.787. The van der Waals surface area contributed by atoms with Crippen LogP contribution in [-0.2, 0) is 11.3 Å². The van der Waals surface area contributed by atoms with Gasteiger partial charge in [0.25, 0.3) is 0 Å². The van der Waals surface area contributed by atoms with E-state index < -0.39 is 18.4 Å². The minimum Gasteiger partial charge on any atom is -0.331 e. The summed E-state index contributed by atoms with van der Waals surface area (Å²) in [6.45, 7) is -0.768. The van der Waals surface area contributed by atoms with E-state index in [1.165, 1.54) is 24.1 Å². The van der Waals surface area contributed by atoms with Crippen LogP contribution in [0.4, 0.5) is 8.78 Å². The largest absolute Gasteiger partial charge is 0.343 e. The molecule has 0 aliphatic rings. The first-order valence-corrected chi connectivity index (χ1v) is 3.41. The normalized spacial score (nSPS) is 11.3. The molecule has 72 valence electrons. The molecule has 1 aromatic rings. The second-order valence-electron chi connectivity index (χ2n) is 2.41. The molecule has 13 heavy (non-hydrogen) atoms. The van der Waals surface area contributed by atoms with Gasteiger partial charge in [-0.25, -0.2) is 10.8 Å². The Morgan fingerprint density at radius 2 is 2.38 bits per heavy atom. The summed E-state index contributed by atoms with van der Waals surface area (Å²) in [4.78, 5) is 14.1. The Labute approximate surface area is 72.5 Å². The summed E-state index contributed by atoms with van der Waals surface area (Å²) in [5.74, 6) is -0.448. The summed E-state index contributed by atoms with van der Waals surface area (Å²) in [7, 11) is 0.